The second kappa shape index (κ2) is 8.92. The van der Waals surface area contributed by atoms with Gasteiger partial charge in [0.15, 0.2) is 12.4 Å². The third kappa shape index (κ3) is 6.10. The summed E-state index contributed by atoms with van der Waals surface area (Å²) in [5.74, 6) is -1.08. The smallest absolute Gasteiger partial charge is 0.306 e. The molecule has 0 unspecified atom stereocenters. The van der Waals surface area contributed by atoms with Gasteiger partial charge in [0.2, 0.25) is 0 Å². The van der Waals surface area contributed by atoms with E-state index in [1.54, 1.807) is 29.5 Å². The van der Waals surface area contributed by atoms with Crippen LogP contribution in [0.25, 0.3) is 0 Å². The number of Topliss-reactive ketones (excluding diaryl/α,β-unsaturated/α-hetero) is 1. The zero-order valence-electron chi connectivity index (χ0n) is 13.9. The lowest BCUT2D eigenvalue weighted by Gasteiger charge is -2.07. The van der Waals surface area contributed by atoms with Crippen LogP contribution in [0.2, 0.25) is 0 Å². The summed E-state index contributed by atoms with van der Waals surface area (Å²) in [6.45, 7) is 3.44. The normalized spacial score (nSPS) is 10.4. The number of hydrogen-bond donors (Lipinski definition) is 1. The molecule has 132 valence electrons. The maximum absolute atomic E-state index is 12.1. The molecule has 5 nitrogen and oxygen atoms in total. The van der Waals surface area contributed by atoms with Gasteiger partial charge in [0, 0.05) is 31.9 Å². The number of nitrogens with one attached hydrogen (secondary N) is 1. The van der Waals surface area contributed by atoms with Crippen LogP contribution in [0.3, 0.4) is 0 Å². The van der Waals surface area contributed by atoms with E-state index in [1.807, 2.05) is 26.0 Å². The summed E-state index contributed by atoms with van der Waals surface area (Å²) < 4.78 is 5.75. The molecule has 1 N–H and O–H groups in total. The minimum Gasteiger partial charge on any atom is -0.456 e. The van der Waals surface area contributed by atoms with Crippen molar-refractivity contribution < 1.29 is 19.1 Å². The quantitative estimate of drug-likeness (QED) is 0.532. The van der Waals surface area contributed by atoms with Gasteiger partial charge < -0.3 is 10.1 Å². The Bertz CT molecular complexity index is 800. The minimum absolute atomic E-state index is 0.0443. The molecule has 7 heteroatoms. The number of carbonyl (C=O) groups excluding carboxylic acids is 3. The van der Waals surface area contributed by atoms with Gasteiger partial charge in [0.1, 0.15) is 0 Å². The summed E-state index contributed by atoms with van der Waals surface area (Å²) in [4.78, 5) is 37.6. The van der Waals surface area contributed by atoms with Gasteiger partial charge in [-0.1, -0.05) is 22.0 Å². The molecule has 1 aromatic heterocycles. The Kier molecular flexibility index (Phi) is 6.90. The zero-order valence-corrected chi connectivity index (χ0v) is 16.3. The number of anilines is 1. The highest BCUT2D eigenvalue weighted by Gasteiger charge is 2.15. The number of carbonyl (C=O) groups is 3. The second-order valence-electron chi connectivity index (χ2n) is 5.47. The van der Waals surface area contributed by atoms with Gasteiger partial charge in [0.05, 0.1) is 6.42 Å². The molecule has 0 atom stereocenters. The highest BCUT2D eigenvalue weighted by molar-refractivity contribution is 9.10. The fourth-order valence-corrected chi connectivity index (χ4v) is 3.58. The number of ether oxygens (including phenoxy) is 1. The first-order valence-corrected chi connectivity index (χ1v) is 9.27. The number of ketones is 1. The van der Waals surface area contributed by atoms with Crippen LogP contribution in [0.1, 0.15) is 33.0 Å². The molecule has 0 aliphatic rings. The van der Waals surface area contributed by atoms with Crippen LogP contribution in [0, 0.1) is 13.8 Å². The van der Waals surface area contributed by atoms with Gasteiger partial charge in [-0.05, 0) is 38.1 Å². The topological polar surface area (TPSA) is 72.5 Å². The number of benzene rings is 1. The first-order valence-electron chi connectivity index (χ1n) is 7.66. The van der Waals surface area contributed by atoms with E-state index >= 15 is 0 Å². The van der Waals surface area contributed by atoms with E-state index in [4.69, 9.17) is 4.74 Å². The number of rotatable bonds is 7. The van der Waals surface area contributed by atoms with Crippen molar-refractivity contribution in [2.45, 2.75) is 26.7 Å². The molecule has 0 aliphatic carbocycles. The van der Waals surface area contributed by atoms with Crippen molar-refractivity contribution in [2.24, 2.45) is 0 Å². The van der Waals surface area contributed by atoms with Crippen molar-refractivity contribution in [3.8, 4) is 0 Å². The van der Waals surface area contributed by atoms with Crippen molar-refractivity contribution in [1.82, 2.24) is 0 Å². The third-order valence-corrected chi connectivity index (χ3v) is 4.83. The van der Waals surface area contributed by atoms with Crippen LogP contribution in [-0.2, 0) is 14.3 Å². The van der Waals surface area contributed by atoms with Gasteiger partial charge in [-0.2, -0.15) is 0 Å². The molecule has 2 aromatic rings. The number of thiophene rings is 1. The number of esters is 1. The predicted octanol–water partition coefficient (Wildman–Crippen LogP) is 4.27. The lowest BCUT2D eigenvalue weighted by atomic mass is 10.1. The van der Waals surface area contributed by atoms with E-state index in [2.05, 4.69) is 21.2 Å². The van der Waals surface area contributed by atoms with E-state index in [0.717, 1.165) is 14.2 Å². The number of amides is 1. The predicted molar refractivity (Wildman–Crippen MR) is 101 cm³/mol. The molecule has 0 bridgehead atoms. The van der Waals surface area contributed by atoms with E-state index in [9.17, 15) is 14.4 Å². The summed E-state index contributed by atoms with van der Waals surface area (Å²) in [6.07, 6.45) is 0.0282. The summed E-state index contributed by atoms with van der Waals surface area (Å²) in [5, 5.41) is 2.63. The number of hydrogen-bond acceptors (Lipinski definition) is 5. The lowest BCUT2D eigenvalue weighted by molar-refractivity contribution is -0.147. The van der Waals surface area contributed by atoms with Crippen LogP contribution in [0.4, 0.5) is 5.69 Å². The summed E-state index contributed by atoms with van der Waals surface area (Å²) in [5.41, 5.74) is 1.26. The first kappa shape index (κ1) is 19.3. The summed E-state index contributed by atoms with van der Waals surface area (Å²) >= 11 is 4.86. The lowest BCUT2D eigenvalue weighted by Crippen LogP contribution is -2.21. The van der Waals surface area contributed by atoms with Gasteiger partial charge in [0.25, 0.3) is 5.91 Å². The van der Waals surface area contributed by atoms with Crippen molar-refractivity contribution >= 4 is 50.6 Å². The zero-order chi connectivity index (χ0) is 18.4. The SMILES string of the molecule is Cc1cc(C(=O)CCC(=O)OCC(=O)Nc2cccc(Br)c2)c(C)s1. The maximum atomic E-state index is 12.1. The van der Waals surface area contributed by atoms with Gasteiger partial charge in [-0.15, -0.1) is 11.3 Å². The Morgan fingerprint density at radius 1 is 1.16 bits per heavy atom. The minimum atomic E-state index is -0.567. The molecule has 0 saturated heterocycles. The van der Waals surface area contributed by atoms with Crippen LogP contribution in [-0.4, -0.2) is 24.3 Å². The van der Waals surface area contributed by atoms with Crippen molar-refractivity contribution in [3.63, 3.8) is 0 Å². The van der Waals surface area contributed by atoms with E-state index in [-0.39, 0.29) is 25.2 Å². The largest absolute Gasteiger partial charge is 0.456 e. The molecular weight excluding hydrogens is 406 g/mol. The van der Waals surface area contributed by atoms with Crippen molar-refractivity contribution in [2.75, 3.05) is 11.9 Å². The second-order valence-corrected chi connectivity index (χ2v) is 7.85. The standard InChI is InChI=1S/C18H18BrNO4S/c1-11-8-15(12(2)25-11)16(21)6-7-18(23)24-10-17(22)20-14-5-3-4-13(19)9-14/h3-5,8-9H,6-7,10H2,1-2H3,(H,20,22). The van der Waals surface area contributed by atoms with Gasteiger partial charge >= 0.3 is 5.97 Å². The molecule has 1 amide bonds. The Labute approximate surface area is 158 Å². The Morgan fingerprint density at radius 3 is 2.56 bits per heavy atom. The summed E-state index contributed by atoms with van der Waals surface area (Å²) in [6, 6.07) is 8.92. The van der Waals surface area contributed by atoms with Crippen LogP contribution >= 0.6 is 27.3 Å². The van der Waals surface area contributed by atoms with E-state index < -0.39 is 11.9 Å². The van der Waals surface area contributed by atoms with Crippen LogP contribution in [0.15, 0.2) is 34.8 Å². The molecule has 0 fully saturated rings. The fourth-order valence-electron chi connectivity index (χ4n) is 2.24. The first-order chi connectivity index (χ1) is 11.8. The van der Waals surface area contributed by atoms with Crippen LogP contribution < -0.4 is 5.32 Å². The fraction of sp³-hybridized carbons (Fsp3) is 0.278. The van der Waals surface area contributed by atoms with Gasteiger partial charge in [-0.25, -0.2) is 0 Å². The Balaban J connectivity index is 1.74. The Morgan fingerprint density at radius 2 is 1.92 bits per heavy atom. The molecule has 1 aromatic carbocycles. The molecular formula is C18H18BrNO4S. The highest BCUT2D eigenvalue weighted by atomic mass is 79.9. The Hall–Kier alpha value is -1.99. The summed E-state index contributed by atoms with van der Waals surface area (Å²) in [7, 11) is 0. The van der Waals surface area contributed by atoms with Crippen molar-refractivity contribution in [1.29, 1.82) is 0 Å². The molecule has 0 spiro atoms. The highest BCUT2D eigenvalue weighted by Crippen LogP contribution is 2.22. The average Bonchev–Trinajstić information content (AvgIpc) is 2.89. The molecule has 0 radical (unpaired) electrons. The van der Waals surface area contributed by atoms with Crippen molar-refractivity contribution in [3.05, 3.63) is 50.1 Å². The number of halogens is 1. The molecule has 1 heterocycles. The van der Waals surface area contributed by atoms with E-state index in [0.29, 0.717) is 11.3 Å². The molecule has 0 aliphatic heterocycles. The van der Waals surface area contributed by atoms with Gasteiger partial charge in [-0.3, -0.25) is 14.4 Å². The number of aryl methyl sites for hydroxylation is 2. The van der Waals surface area contributed by atoms with E-state index in [1.165, 1.54) is 0 Å². The molecule has 0 saturated carbocycles. The third-order valence-electron chi connectivity index (χ3n) is 3.37. The average molecular weight is 424 g/mol. The molecule has 2 rings (SSSR count). The maximum Gasteiger partial charge on any atom is 0.306 e. The monoisotopic (exact) mass is 423 g/mol. The van der Waals surface area contributed by atoms with Crippen LogP contribution in [0.5, 0.6) is 0 Å². The molecule has 25 heavy (non-hydrogen) atoms.